The Morgan fingerprint density at radius 1 is 1.12 bits per heavy atom. The quantitative estimate of drug-likeness (QED) is 0.511. The maximum atomic E-state index is 14.4. The number of rotatable bonds is 7. The van der Waals surface area contributed by atoms with Crippen LogP contribution in [0.3, 0.4) is 0 Å². The maximum Gasteiger partial charge on any atom is 0.317 e. The number of methoxy groups -OCH3 is 1. The fraction of sp³-hybridized carbons (Fsp3) is 0.292. The Kier molecular flexibility index (Phi) is 6.50. The lowest BCUT2D eigenvalue weighted by atomic mass is 9.78. The Morgan fingerprint density at radius 2 is 1.84 bits per heavy atom. The third-order valence-corrected chi connectivity index (χ3v) is 6.47. The molecule has 1 aliphatic rings. The summed E-state index contributed by atoms with van der Waals surface area (Å²) in [6.45, 7) is -0.452. The van der Waals surface area contributed by atoms with Crippen LogP contribution in [-0.4, -0.2) is 30.6 Å². The first-order valence-corrected chi connectivity index (χ1v) is 11.2. The number of carbonyl (C=O) groups is 2. The minimum atomic E-state index is -1.03. The number of thiazole rings is 1. The number of hydrogen-bond donors (Lipinski definition) is 1. The molecule has 0 saturated heterocycles. The highest BCUT2D eigenvalue weighted by molar-refractivity contribution is 7.14. The Labute approximate surface area is 189 Å². The second-order valence-corrected chi connectivity index (χ2v) is 8.52. The van der Waals surface area contributed by atoms with E-state index in [1.807, 2.05) is 29.6 Å². The van der Waals surface area contributed by atoms with Crippen molar-refractivity contribution in [3.05, 3.63) is 65.3 Å². The van der Waals surface area contributed by atoms with E-state index in [0.29, 0.717) is 23.5 Å². The molecule has 166 valence electrons. The van der Waals surface area contributed by atoms with E-state index in [1.54, 1.807) is 25.3 Å². The summed E-state index contributed by atoms with van der Waals surface area (Å²) in [5, 5.41) is 4.89. The summed E-state index contributed by atoms with van der Waals surface area (Å²) in [4.78, 5) is 29.7. The van der Waals surface area contributed by atoms with Gasteiger partial charge in [0.25, 0.3) is 5.91 Å². The van der Waals surface area contributed by atoms with Crippen molar-refractivity contribution in [3.8, 4) is 17.0 Å². The van der Waals surface area contributed by atoms with Gasteiger partial charge in [0.1, 0.15) is 11.6 Å². The molecular weight excluding hydrogens is 431 g/mol. The fourth-order valence-corrected chi connectivity index (χ4v) is 4.80. The van der Waals surface area contributed by atoms with Crippen LogP contribution < -0.4 is 10.1 Å². The number of amides is 1. The van der Waals surface area contributed by atoms with Crippen LogP contribution in [0.1, 0.15) is 31.2 Å². The number of hydrogen-bond acceptors (Lipinski definition) is 6. The number of halogens is 1. The Bertz CT molecular complexity index is 1110. The molecule has 0 spiro atoms. The average molecular weight is 455 g/mol. The van der Waals surface area contributed by atoms with Gasteiger partial charge in [-0.25, -0.2) is 9.37 Å². The predicted molar refractivity (Wildman–Crippen MR) is 120 cm³/mol. The summed E-state index contributed by atoms with van der Waals surface area (Å²) in [5.41, 5.74) is 0.914. The normalized spacial score (nSPS) is 14.7. The second kappa shape index (κ2) is 9.48. The molecule has 1 aromatic heterocycles. The summed E-state index contributed by atoms with van der Waals surface area (Å²) in [5.74, 6) is -0.733. The fourth-order valence-electron chi connectivity index (χ4n) is 4.06. The van der Waals surface area contributed by atoms with E-state index >= 15 is 0 Å². The van der Waals surface area contributed by atoms with Crippen LogP contribution in [0.25, 0.3) is 11.3 Å². The standard InChI is InChI=1S/C24H23FN2O4S/c1-30-17-10-8-16(9-11-17)20-15-32-23(26-20)27-21(28)14-31-22(29)24(12-4-5-13-24)18-6-2-3-7-19(18)25/h2-3,6-11,15H,4-5,12-14H2,1H3,(H,26,27,28). The van der Waals surface area contributed by atoms with Crippen molar-refractivity contribution in [2.75, 3.05) is 19.0 Å². The number of nitrogens with zero attached hydrogens (tertiary/aromatic N) is 1. The molecule has 1 amide bonds. The zero-order valence-corrected chi connectivity index (χ0v) is 18.4. The molecular formula is C24H23FN2O4S. The molecule has 0 unspecified atom stereocenters. The summed E-state index contributed by atoms with van der Waals surface area (Å²) in [6, 6.07) is 13.7. The van der Waals surface area contributed by atoms with Crippen molar-refractivity contribution in [1.82, 2.24) is 4.98 Å². The van der Waals surface area contributed by atoms with Crippen molar-refractivity contribution in [3.63, 3.8) is 0 Å². The van der Waals surface area contributed by atoms with Crippen LogP contribution in [0.2, 0.25) is 0 Å². The summed E-state index contributed by atoms with van der Waals surface area (Å²) in [7, 11) is 1.60. The van der Waals surface area contributed by atoms with Gasteiger partial charge in [0.2, 0.25) is 0 Å². The smallest absolute Gasteiger partial charge is 0.317 e. The van der Waals surface area contributed by atoms with Gasteiger partial charge in [0.05, 0.1) is 18.2 Å². The molecule has 1 saturated carbocycles. The highest BCUT2D eigenvalue weighted by Gasteiger charge is 2.45. The van der Waals surface area contributed by atoms with E-state index in [1.165, 1.54) is 17.4 Å². The highest BCUT2D eigenvalue weighted by atomic mass is 32.1. The molecule has 8 heteroatoms. The number of anilines is 1. The molecule has 32 heavy (non-hydrogen) atoms. The van der Waals surface area contributed by atoms with Gasteiger partial charge in [0, 0.05) is 16.5 Å². The Morgan fingerprint density at radius 3 is 2.53 bits per heavy atom. The minimum absolute atomic E-state index is 0.340. The van der Waals surface area contributed by atoms with Gasteiger partial charge < -0.3 is 9.47 Å². The zero-order valence-electron chi connectivity index (χ0n) is 17.6. The number of nitrogens with one attached hydrogen (secondary N) is 1. The van der Waals surface area contributed by atoms with Gasteiger partial charge in [-0.15, -0.1) is 11.3 Å². The molecule has 1 heterocycles. The third kappa shape index (κ3) is 4.50. The summed E-state index contributed by atoms with van der Waals surface area (Å²) >= 11 is 1.28. The topological polar surface area (TPSA) is 77.5 Å². The van der Waals surface area contributed by atoms with E-state index < -0.39 is 29.7 Å². The molecule has 2 aromatic carbocycles. The summed E-state index contributed by atoms with van der Waals surface area (Å²) < 4.78 is 24.9. The minimum Gasteiger partial charge on any atom is -0.497 e. The Balaban J connectivity index is 1.38. The molecule has 1 N–H and O–H groups in total. The highest BCUT2D eigenvalue weighted by Crippen LogP contribution is 2.43. The van der Waals surface area contributed by atoms with E-state index in [9.17, 15) is 14.0 Å². The van der Waals surface area contributed by atoms with Crippen molar-refractivity contribution in [2.24, 2.45) is 0 Å². The van der Waals surface area contributed by atoms with Crippen LogP contribution in [0.5, 0.6) is 5.75 Å². The van der Waals surface area contributed by atoms with Crippen LogP contribution in [0, 0.1) is 5.82 Å². The van der Waals surface area contributed by atoms with Crippen LogP contribution in [-0.2, 0) is 19.7 Å². The van der Waals surface area contributed by atoms with Crippen molar-refractivity contribution in [1.29, 1.82) is 0 Å². The number of aromatic nitrogens is 1. The third-order valence-electron chi connectivity index (χ3n) is 5.71. The molecule has 6 nitrogen and oxygen atoms in total. The molecule has 4 rings (SSSR count). The molecule has 1 aliphatic carbocycles. The van der Waals surface area contributed by atoms with E-state index in [4.69, 9.17) is 9.47 Å². The van der Waals surface area contributed by atoms with Crippen LogP contribution in [0.15, 0.2) is 53.9 Å². The molecule has 1 fully saturated rings. The first-order chi connectivity index (χ1) is 15.5. The first-order valence-electron chi connectivity index (χ1n) is 10.3. The maximum absolute atomic E-state index is 14.4. The van der Waals surface area contributed by atoms with Gasteiger partial charge in [-0.05, 0) is 43.2 Å². The zero-order chi connectivity index (χ0) is 22.6. The van der Waals surface area contributed by atoms with Gasteiger partial charge in [0.15, 0.2) is 11.7 Å². The number of carbonyl (C=O) groups excluding carboxylic acids is 2. The van der Waals surface area contributed by atoms with Gasteiger partial charge in [-0.2, -0.15) is 0 Å². The summed E-state index contributed by atoms with van der Waals surface area (Å²) in [6.07, 6.45) is 2.63. The monoisotopic (exact) mass is 454 g/mol. The van der Waals surface area contributed by atoms with Gasteiger partial charge in [-0.3, -0.25) is 14.9 Å². The van der Waals surface area contributed by atoms with Crippen molar-refractivity contribution < 1.29 is 23.5 Å². The van der Waals surface area contributed by atoms with Gasteiger partial charge >= 0.3 is 5.97 Å². The number of benzene rings is 2. The van der Waals surface area contributed by atoms with E-state index in [2.05, 4.69) is 10.3 Å². The lowest BCUT2D eigenvalue weighted by Crippen LogP contribution is -2.37. The predicted octanol–water partition coefficient (Wildman–Crippen LogP) is 4.95. The van der Waals surface area contributed by atoms with Gasteiger partial charge in [-0.1, -0.05) is 31.0 Å². The lowest BCUT2D eigenvalue weighted by Gasteiger charge is -2.27. The molecule has 0 radical (unpaired) electrons. The Hall–Kier alpha value is -3.26. The SMILES string of the molecule is COc1ccc(-c2csc(NC(=O)COC(=O)C3(c4ccccc4F)CCCC3)n2)cc1. The number of ether oxygens (including phenoxy) is 2. The largest absolute Gasteiger partial charge is 0.497 e. The van der Waals surface area contributed by atoms with Crippen LogP contribution >= 0.6 is 11.3 Å². The second-order valence-electron chi connectivity index (χ2n) is 7.66. The molecule has 0 bridgehead atoms. The lowest BCUT2D eigenvalue weighted by molar-refractivity contribution is -0.153. The van der Waals surface area contributed by atoms with E-state index in [0.717, 1.165) is 29.8 Å². The number of esters is 1. The van der Waals surface area contributed by atoms with E-state index in [-0.39, 0.29) is 0 Å². The average Bonchev–Trinajstić information content (AvgIpc) is 3.49. The molecule has 3 aromatic rings. The molecule has 0 aliphatic heterocycles. The first kappa shape index (κ1) is 22.0. The molecule has 0 atom stereocenters. The van der Waals surface area contributed by atoms with Crippen molar-refractivity contribution in [2.45, 2.75) is 31.1 Å². The van der Waals surface area contributed by atoms with Crippen LogP contribution in [0.4, 0.5) is 9.52 Å². The van der Waals surface area contributed by atoms with Crippen molar-refractivity contribution >= 4 is 28.3 Å².